The van der Waals surface area contributed by atoms with Gasteiger partial charge in [-0.05, 0) is 99.4 Å². The molecule has 8 aromatic rings. The Morgan fingerprint density at radius 2 is 1.24 bits per heavy atom. The largest absolute Gasteiger partial charge is 0.310 e. The fourth-order valence-electron chi connectivity index (χ4n) is 8.53. The highest BCUT2D eigenvalue weighted by atomic mass is 15.2. The minimum Gasteiger partial charge on any atom is -0.310 e. The first-order valence-corrected chi connectivity index (χ1v) is 16.6. The lowest BCUT2D eigenvalue weighted by atomic mass is 9.64. The lowest BCUT2D eigenvalue weighted by Crippen LogP contribution is -2.36. The number of nitriles is 1. The SMILES string of the molecule is [C-]#[N+]c1ccc2c(c1)C1(c3cc(C#N)ccc3-2)c2ccccc2N(c2cccc(-n3c4ccncc4c4cc([N+]#[C-])ccc43)c2)c2ccccc21. The van der Waals surface area contributed by atoms with Crippen LogP contribution in [-0.2, 0) is 5.41 Å². The standard InChI is InChI=1S/C45H24N6/c1-47-29-16-19-41-35(23-29)36-27-49-21-20-42(36)50(41)31-8-7-9-32(25-31)51-43-12-5-3-10-37(43)45(38-11-4-6-13-44(38)51)39-22-28(26-46)14-17-33(39)34-18-15-30(48-2)24-40(34)45/h3-25,27H. The molecule has 0 radical (unpaired) electrons. The van der Waals surface area contributed by atoms with Crippen molar-refractivity contribution in [2.24, 2.45) is 0 Å². The Morgan fingerprint density at radius 3 is 1.98 bits per heavy atom. The highest BCUT2D eigenvalue weighted by Crippen LogP contribution is 2.63. The van der Waals surface area contributed by atoms with E-state index in [1.807, 2.05) is 60.9 Å². The molecule has 0 unspecified atom stereocenters. The van der Waals surface area contributed by atoms with Gasteiger partial charge in [-0.3, -0.25) is 4.98 Å². The number of pyridine rings is 1. The molecule has 0 amide bonds. The summed E-state index contributed by atoms with van der Waals surface area (Å²) < 4.78 is 2.24. The van der Waals surface area contributed by atoms with E-state index in [2.05, 4.69) is 115 Å². The second-order valence-electron chi connectivity index (χ2n) is 12.9. The van der Waals surface area contributed by atoms with Crippen LogP contribution in [-0.4, -0.2) is 9.55 Å². The molecule has 0 fully saturated rings. The maximum Gasteiger partial charge on any atom is 0.188 e. The summed E-state index contributed by atoms with van der Waals surface area (Å²) >= 11 is 0. The van der Waals surface area contributed by atoms with Crippen LogP contribution in [0.4, 0.5) is 28.4 Å². The molecule has 1 spiro atoms. The van der Waals surface area contributed by atoms with Gasteiger partial charge in [0.05, 0.1) is 52.6 Å². The van der Waals surface area contributed by atoms with Crippen LogP contribution >= 0.6 is 0 Å². The number of fused-ring (bicyclic) bond motifs is 12. The second-order valence-corrected chi connectivity index (χ2v) is 12.9. The van der Waals surface area contributed by atoms with Crippen LogP contribution in [0.2, 0.25) is 0 Å². The van der Waals surface area contributed by atoms with Gasteiger partial charge in [-0.2, -0.15) is 5.26 Å². The maximum absolute atomic E-state index is 10.1. The third-order valence-electron chi connectivity index (χ3n) is 10.5. The zero-order valence-electron chi connectivity index (χ0n) is 27.0. The summed E-state index contributed by atoms with van der Waals surface area (Å²) in [5, 5.41) is 12.1. The monoisotopic (exact) mass is 648 g/mol. The van der Waals surface area contributed by atoms with E-state index in [0.717, 1.165) is 77.9 Å². The molecule has 10 rings (SSSR count). The van der Waals surface area contributed by atoms with Crippen LogP contribution in [0.5, 0.6) is 0 Å². The highest BCUT2D eigenvalue weighted by molar-refractivity contribution is 6.10. The van der Waals surface area contributed by atoms with E-state index in [-0.39, 0.29) is 0 Å². The van der Waals surface area contributed by atoms with Gasteiger partial charge in [0.15, 0.2) is 11.4 Å². The molecule has 1 aliphatic carbocycles. The van der Waals surface area contributed by atoms with Crippen LogP contribution in [0, 0.1) is 24.5 Å². The van der Waals surface area contributed by atoms with Gasteiger partial charge >= 0.3 is 0 Å². The van der Waals surface area contributed by atoms with Crippen molar-refractivity contribution in [2.45, 2.75) is 5.41 Å². The molecular formula is C45H24N6. The van der Waals surface area contributed by atoms with E-state index >= 15 is 0 Å². The Balaban J connectivity index is 1.26. The average molecular weight is 649 g/mol. The van der Waals surface area contributed by atoms with Crippen LogP contribution in [0.15, 0.2) is 146 Å². The van der Waals surface area contributed by atoms with Crippen molar-refractivity contribution in [1.82, 2.24) is 9.55 Å². The number of aromatic nitrogens is 2. The number of para-hydroxylation sites is 2. The summed E-state index contributed by atoms with van der Waals surface area (Å²) in [6, 6.07) is 47.8. The molecule has 0 bridgehead atoms. The zero-order chi connectivity index (χ0) is 34.3. The van der Waals surface area contributed by atoms with Crippen molar-refractivity contribution in [3.05, 3.63) is 197 Å². The summed E-state index contributed by atoms with van der Waals surface area (Å²) in [6.45, 7) is 15.5. The van der Waals surface area contributed by atoms with Gasteiger partial charge in [-0.1, -0.05) is 72.8 Å². The number of hydrogen-bond donors (Lipinski definition) is 0. The van der Waals surface area contributed by atoms with Gasteiger partial charge in [0.25, 0.3) is 0 Å². The third kappa shape index (κ3) is 3.75. The third-order valence-corrected chi connectivity index (χ3v) is 10.5. The van der Waals surface area contributed by atoms with E-state index in [1.54, 1.807) is 0 Å². The molecule has 6 nitrogen and oxygen atoms in total. The fraction of sp³-hybridized carbons (Fsp3) is 0.0222. The molecule has 0 N–H and O–H groups in total. The van der Waals surface area contributed by atoms with E-state index in [4.69, 9.17) is 13.1 Å². The Morgan fingerprint density at radius 1 is 0.588 bits per heavy atom. The summed E-state index contributed by atoms with van der Waals surface area (Å²) in [6.07, 6.45) is 3.68. The second kappa shape index (κ2) is 10.5. The lowest BCUT2D eigenvalue weighted by molar-refractivity contribution is 0.752. The molecule has 0 atom stereocenters. The van der Waals surface area contributed by atoms with Gasteiger partial charge in [0.1, 0.15) is 0 Å². The Kier molecular flexibility index (Phi) is 5.89. The van der Waals surface area contributed by atoms with Crippen LogP contribution < -0.4 is 4.90 Å². The van der Waals surface area contributed by atoms with Crippen molar-refractivity contribution in [3.63, 3.8) is 0 Å². The number of nitrogens with zero attached hydrogens (tertiary/aromatic N) is 6. The van der Waals surface area contributed by atoms with E-state index in [1.165, 1.54) is 0 Å². The van der Waals surface area contributed by atoms with Gasteiger partial charge < -0.3 is 9.47 Å². The Labute approximate surface area is 294 Å². The summed E-state index contributed by atoms with van der Waals surface area (Å²) in [5.41, 5.74) is 13.5. The molecular weight excluding hydrogens is 625 g/mol. The van der Waals surface area contributed by atoms with Gasteiger partial charge in [-0.25, -0.2) is 9.69 Å². The molecule has 2 aromatic heterocycles. The van der Waals surface area contributed by atoms with Gasteiger partial charge in [-0.15, -0.1) is 0 Å². The average Bonchev–Trinajstić information content (AvgIpc) is 3.67. The molecule has 6 aromatic carbocycles. The Bertz CT molecular complexity index is 2820. The molecule has 3 heterocycles. The van der Waals surface area contributed by atoms with E-state index in [0.29, 0.717) is 16.9 Å². The number of benzene rings is 6. The first-order valence-electron chi connectivity index (χ1n) is 16.6. The van der Waals surface area contributed by atoms with E-state index < -0.39 is 5.41 Å². The van der Waals surface area contributed by atoms with Crippen molar-refractivity contribution in [1.29, 1.82) is 5.26 Å². The van der Waals surface area contributed by atoms with Crippen LogP contribution in [0.25, 0.3) is 48.3 Å². The molecule has 2 aliphatic rings. The first kappa shape index (κ1) is 28.5. The zero-order valence-corrected chi connectivity index (χ0v) is 27.0. The summed E-state index contributed by atoms with van der Waals surface area (Å²) in [7, 11) is 0. The number of anilines is 3. The Hall–Kier alpha value is -7.46. The number of rotatable bonds is 2. The van der Waals surface area contributed by atoms with E-state index in [9.17, 15) is 5.26 Å². The predicted octanol–water partition coefficient (Wildman–Crippen LogP) is 11.3. The lowest BCUT2D eigenvalue weighted by Gasteiger charge is -2.45. The van der Waals surface area contributed by atoms with Gasteiger partial charge in [0, 0.05) is 29.2 Å². The van der Waals surface area contributed by atoms with Crippen LogP contribution in [0.1, 0.15) is 27.8 Å². The smallest absolute Gasteiger partial charge is 0.188 e. The minimum atomic E-state index is -0.750. The van der Waals surface area contributed by atoms with Crippen molar-refractivity contribution < 1.29 is 0 Å². The topological polar surface area (TPSA) is 53.6 Å². The summed E-state index contributed by atoms with van der Waals surface area (Å²) in [5.74, 6) is 0. The van der Waals surface area contributed by atoms with Crippen molar-refractivity contribution in [3.8, 4) is 22.9 Å². The van der Waals surface area contributed by atoms with Crippen LogP contribution in [0.3, 0.4) is 0 Å². The normalized spacial score (nSPS) is 13.2. The maximum atomic E-state index is 10.1. The molecule has 0 saturated carbocycles. The molecule has 0 saturated heterocycles. The predicted molar refractivity (Wildman–Crippen MR) is 201 cm³/mol. The molecule has 6 heteroatoms. The van der Waals surface area contributed by atoms with Gasteiger partial charge in [0.2, 0.25) is 0 Å². The fourth-order valence-corrected chi connectivity index (χ4v) is 8.53. The quantitative estimate of drug-likeness (QED) is 0.175. The molecule has 1 aliphatic heterocycles. The molecule has 234 valence electrons. The summed E-state index contributed by atoms with van der Waals surface area (Å²) in [4.78, 5) is 14.3. The highest BCUT2D eigenvalue weighted by Gasteiger charge is 2.51. The first-order chi connectivity index (χ1) is 25.1. The van der Waals surface area contributed by atoms with Crippen molar-refractivity contribution >= 4 is 50.2 Å². The molecule has 51 heavy (non-hydrogen) atoms. The number of hydrogen-bond acceptors (Lipinski definition) is 3. The van der Waals surface area contributed by atoms with Crippen molar-refractivity contribution in [2.75, 3.05) is 4.90 Å². The minimum absolute atomic E-state index is 0.580.